The summed E-state index contributed by atoms with van der Waals surface area (Å²) in [6, 6.07) is 6.66. The molecule has 0 aliphatic rings. The summed E-state index contributed by atoms with van der Waals surface area (Å²) in [6.07, 6.45) is 0.679. The fourth-order valence-corrected chi connectivity index (χ4v) is 3.09. The molecule has 18 heavy (non-hydrogen) atoms. The number of nitrogens with one attached hydrogen (secondary N) is 1. The van der Waals surface area contributed by atoms with Gasteiger partial charge in [-0.25, -0.2) is 8.42 Å². The number of sulfonamides is 1. The van der Waals surface area contributed by atoms with E-state index in [2.05, 4.69) is 0 Å². The van der Waals surface area contributed by atoms with Crippen LogP contribution in [0, 0.1) is 12.3 Å². The van der Waals surface area contributed by atoms with Crippen LogP contribution in [0.5, 0.6) is 0 Å². The van der Waals surface area contributed by atoms with Gasteiger partial charge < -0.3 is 5.73 Å². The number of benzene rings is 1. The van der Waals surface area contributed by atoms with Crippen molar-refractivity contribution in [3.05, 3.63) is 29.8 Å². The van der Waals surface area contributed by atoms with E-state index >= 15 is 0 Å². The van der Waals surface area contributed by atoms with E-state index in [1.807, 2.05) is 13.8 Å². The maximum atomic E-state index is 12.3. The third-order valence-corrected chi connectivity index (χ3v) is 4.34. The fourth-order valence-electron chi connectivity index (χ4n) is 1.58. The minimum absolute atomic E-state index is 0.0654. The average Bonchev–Trinajstić information content (AvgIpc) is 2.28. The molecule has 1 aromatic carbocycles. The van der Waals surface area contributed by atoms with Crippen molar-refractivity contribution >= 4 is 15.9 Å². The average molecular weight is 269 g/mol. The van der Waals surface area contributed by atoms with Gasteiger partial charge in [-0.15, -0.1) is 0 Å². The summed E-state index contributed by atoms with van der Waals surface area (Å²) in [5, 5.41) is 7.25. The smallest absolute Gasteiger partial charge is 0.243 e. The number of amidine groups is 1. The maximum absolute atomic E-state index is 12.3. The van der Waals surface area contributed by atoms with Crippen molar-refractivity contribution in [3.8, 4) is 0 Å². The highest BCUT2D eigenvalue weighted by molar-refractivity contribution is 7.89. The zero-order valence-corrected chi connectivity index (χ0v) is 11.5. The first kappa shape index (κ1) is 14.7. The number of aryl methyl sites for hydroxylation is 1. The SMILES string of the molecule is CCCN(CC(=N)N)S(=O)(=O)c1ccc(C)cc1. The fraction of sp³-hybridized carbons (Fsp3) is 0.417. The van der Waals surface area contributed by atoms with Crippen molar-refractivity contribution in [3.63, 3.8) is 0 Å². The summed E-state index contributed by atoms with van der Waals surface area (Å²) in [7, 11) is -3.56. The van der Waals surface area contributed by atoms with Crippen LogP contribution in [0.25, 0.3) is 0 Å². The van der Waals surface area contributed by atoms with Crippen molar-refractivity contribution in [1.82, 2.24) is 4.31 Å². The monoisotopic (exact) mass is 269 g/mol. The Morgan fingerprint density at radius 1 is 1.33 bits per heavy atom. The van der Waals surface area contributed by atoms with Gasteiger partial charge in [-0.3, -0.25) is 5.41 Å². The normalized spacial score (nSPS) is 11.7. The van der Waals surface area contributed by atoms with Gasteiger partial charge in [0.15, 0.2) is 0 Å². The summed E-state index contributed by atoms with van der Waals surface area (Å²) < 4.78 is 25.9. The molecule has 1 aromatic rings. The van der Waals surface area contributed by atoms with Crippen LogP contribution in [0.4, 0.5) is 0 Å². The zero-order valence-electron chi connectivity index (χ0n) is 10.7. The standard InChI is InChI=1S/C12H19N3O2S/c1-3-8-15(9-12(13)14)18(16,17)11-6-4-10(2)5-7-11/h4-7H,3,8-9H2,1-2H3,(H3,13,14). The van der Waals surface area contributed by atoms with Gasteiger partial charge in [0.05, 0.1) is 11.4 Å². The first-order chi connectivity index (χ1) is 8.37. The highest BCUT2D eigenvalue weighted by atomic mass is 32.2. The second kappa shape index (κ2) is 5.97. The highest BCUT2D eigenvalue weighted by Gasteiger charge is 2.23. The lowest BCUT2D eigenvalue weighted by atomic mass is 10.2. The minimum atomic E-state index is -3.56. The molecule has 0 saturated heterocycles. The van der Waals surface area contributed by atoms with Crippen molar-refractivity contribution in [2.24, 2.45) is 5.73 Å². The van der Waals surface area contributed by atoms with Crippen LogP contribution in [-0.2, 0) is 10.0 Å². The number of rotatable bonds is 6. The molecular weight excluding hydrogens is 250 g/mol. The van der Waals surface area contributed by atoms with E-state index in [0.29, 0.717) is 13.0 Å². The molecule has 3 N–H and O–H groups in total. The Morgan fingerprint density at radius 2 is 1.89 bits per heavy atom. The molecule has 1 rings (SSSR count). The topological polar surface area (TPSA) is 87.2 Å². The molecular formula is C12H19N3O2S. The Hall–Kier alpha value is -1.40. The predicted octanol–water partition coefficient (Wildman–Crippen LogP) is 1.33. The quantitative estimate of drug-likeness (QED) is 0.603. The van der Waals surface area contributed by atoms with E-state index in [4.69, 9.17) is 11.1 Å². The van der Waals surface area contributed by atoms with Gasteiger partial charge in [-0.2, -0.15) is 4.31 Å². The van der Waals surface area contributed by atoms with Crippen molar-refractivity contribution in [2.75, 3.05) is 13.1 Å². The Bertz CT molecular complexity index is 509. The minimum Gasteiger partial charge on any atom is -0.387 e. The van der Waals surface area contributed by atoms with Crippen LogP contribution < -0.4 is 5.73 Å². The maximum Gasteiger partial charge on any atom is 0.243 e. The van der Waals surface area contributed by atoms with E-state index in [9.17, 15) is 8.42 Å². The Morgan fingerprint density at radius 3 is 2.33 bits per heavy atom. The lowest BCUT2D eigenvalue weighted by Crippen LogP contribution is -2.38. The highest BCUT2D eigenvalue weighted by Crippen LogP contribution is 2.16. The molecule has 0 aliphatic carbocycles. The Labute approximate surface area is 108 Å². The number of hydrogen-bond acceptors (Lipinski definition) is 3. The first-order valence-corrected chi connectivity index (χ1v) is 7.21. The molecule has 0 bridgehead atoms. The van der Waals surface area contributed by atoms with Gasteiger partial charge >= 0.3 is 0 Å². The summed E-state index contributed by atoms with van der Waals surface area (Å²) in [6.45, 7) is 4.08. The third kappa shape index (κ3) is 3.54. The van der Waals surface area contributed by atoms with Crippen LogP contribution in [0.3, 0.4) is 0 Å². The first-order valence-electron chi connectivity index (χ1n) is 5.77. The van der Waals surface area contributed by atoms with Crippen LogP contribution in [0.1, 0.15) is 18.9 Å². The molecule has 100 valence electrons. The molecule has 6 heteroatoms. The molecule has 0 fully saturated rings. The van der Waals surface area contributed by atoms with Gasteiger partial charge in [-0.1, -0.05) is 24.6 Å². The molecule has 0 saturated carbocycles. The van der Waals surface area contributed by atoms with Gasteiger partial charge in [0.2, 0.25) is 10.0 Å². The van der Waals surface area contributed by atoms with Gasteiger partial charge in [0.1, 0.15) is 5.84 Å². The molecule has 0 radical (unpaired) electrons. The van der Waals surface area contributed by atoms with Crippen LogP contribution in [0.2, 0.25) is 0 Å². The number of nitrogens with zero attached hydrogens (tertiary/aromatic N) is 1. The van der Waals surface area contributed by atoms with Crippen molar-refractivity contribution in [2.45, 2.75) is 25.2 Å². The lowest BCUT2D eigenvalue weighted by molar-refractivity contribution is 0.447. The lowest BCUT2D eigenvalue weighted by Gasteiger charge is -2.20. The number of nitrogens with two attached hydrogens (primary N) is 1. The van der Waals surface area contributed by atoms with Gasteiger partial charge in [0.25, 0.3) is 0 Å². The van der Waals surface area contributed by atoms with E-state index in [0.717, 1.165) is 5.56 Å². The second-order valence-corrected chi connectivity index (χ2v) is 6.11. The van der Waals surface area contributed by atoms with Gasteiger partial charge in [0, 0.05) is 6.54 Å². The van der Waals surface area contributed by atoms with Crippen LogP contribution in [-0.4, -0.2) is 31.6 Å². The summed E-state index contributed by atoms with van der Waals surface area (Å²) in [5.74, 6) is -0.154. The molecule has 0 spiro atoms. The summed E-state index contributed by atoms with van der Waals surface area (Å²) >= 11 is 0. The van der Waals surface area contributed by atoms with E-state index < -0.39 is 10.0 Å². The van der Waals surface area contributed by atoms with E-state index in [1.54, 1.807) is 24.3 Å². The molecule has 0 heterocycles. The van der Waals surface area contributed by atoms with Crippen molar-refractivity contribution in [1.29, 1.82) is 5.41 Å². The van der Waals surface area contributed by atoms with Crippen LogP contribution >= 0.6 is 0 Å². The molecule has 0 aromatic heterocycles. The second-order valence-electron chi connectivity index (χ2n) is 4.18. The molecule has 0 aliphatic heterocycles. The third-order valence-electron chi connectivity index (χ3n) is 2.48. The molecule has 0 atom stereocenters. The predicted molar refractivity (Wildman–Crippen MR) is 72.1 cm³/mol. The van der Waals surface area contributed by atoms with E-state index in [-0.39, 0.29) is 17.3 Å². The molecule has 0 unspecified atom stereocenters. The number of hydrogen-bond donors (Lipinski definition) is 2. The summed E-state index contributed by atoms with van der Waals surface area (Å²) in [4.78, 5) is 0.239. The zero-order chi connectivity index (χ0) is 13.8. The molecule has 5 nitrogen and oxygen atoms in total. The van der Waals surface area contributed by atoms with Crippen molar-refractivity contribution < 1.29 is 8.42 Å². The molecule has 0 amide bonds. The Balaban J connectivity index is 3.08. The van der Waals surface area contributed by atoms with Crippen LogP contribution in [0.15, 0.2) is 29.2 Å². The summed E-state index contributed by atoms with van der Waals surface area (Å²) in [5.41, 5.74) is 6.30. The van der Waals surface area contributed by atoms with E-state index in [1.165, 1.54) is 4.31 Å². The largest absolute Gasteiger partial charge is 0.387 e. The van der Waals surface area contributed by atoms with Gasteiger partial charge in [-0.05, 0) is 25.5 Å². The Kier molecular flexibility index (Phi) is 4.86.